The number of halogens is 1. The number of aromatic nitrogens is 3. The first-order valence-electron chi connectivity index (χ1n) is 10.4. The number of hydrogen-bond acceptors (Lipinski definition) is 6. The van der Waals surface area contributed by atoms with E-state index in [0.717, 1.165) is 29.0 Å². The summed E-state index contributed by atoms with van der Waals surface area (Å²) in [6.45, 7) is 2.41. The number of para-hydroxylation sites is 1. The van der Waals surface area contributed by atoms with Crippen LogP contribution in [0.1, 0.15) is 40.6 Å². The maximum Gasteiger partial charge on any atom is 0.223 e. The quantitative estimate of drug-likeness (QED) is 0.477. The van der Waals surface area contributed by atoms with Crippen LogP contribution in [0.4, 0.5) is 4.39 Å². The van der Waals surface area contributed by atoms with Crippen molar-refractivity contribution in [2.75, 3.05) is 6.54 Å². The topological polar surface area (TPSA) is 91.1 Å². The maximum atomic E-state index is 13.3. The summed E-state index contributed by atoms with van der Waals surface area (Å²) in [5.41, 5.74) is 4.41. The predicted molar refractivity (Wildman–Crippen MR) is 114 cm³/mol. The van der Waals surface area contributed by atoms with E-state index in [-0.39, 0.29) is 23.9 Å². The van der Waals surface area contributed by atoms with Gasteiger partial charge in [-0.05, 0) is 35.7 Å². The fraction of sp³-hybridized carbons (Fsp3) is 0.261. The third kappa shape index (κ3) is 3.11. The summed E-state index contributed by atoms with van der Waals surface area (Å²) in [7, 11) is 0. The lowest BCUT2D eigenvalue weighted by molar-refractivity contribution is 0.377. The van der Waals surface area contributed by atoms with E-state index in [1.165, 1.54) is 23.1 Å². The van der Waals surface area contributed by atoms with Crippen LogP contribution in [0, 0.1) is 12.7 Å². The zero-order valence-corrected chi connectivity index (χ0v) is 16.9. The number of benzene rings is 2. The highest BCUT2D eigenvalue weighted by Crippen LogP contribution is 2.35. The number of aryl methyl sites for hydroxylation is 1. The van der Waals surface area contributed by atoms with E-state index in [2.05, 4.69) is 44.0 Å². The number of aliphatic imine (C=N–C) groups is 1. The standard InChI is InChI=1S/C23H21FN6O/c1-12-26-23(30-31-12)21-20-16(15-4-2-3-5-17(15)27-20)10-18(28-21)22-25-11-19(29-22)13-6-8-14(24)9-7-13/h2-9,18-19,21,27-28H,10-11H2,1H3,(H,25,29)/t18-,19?,21?/m1/s1. The van der Waals surface area contributed by atoms with Gasteiger partial charge in [0.1, 0.15) is 17.7 Å². The molecule has 2 unspecified atom stereocenters. The summed E-state index contributed by atoms with van der Waals surface area (Å²) >= 11 is 0. The molecule has 2 aliphatic heterocycles. The highest BCUT2D eigenvalue weighted by atomic mass is 19.1. The van der Waals surface area contributed by atoms with Crippen LogP contribution in [0.3, 0.4) is 0 Å². The van der Waals surface area contributed by atoms with Crippen molar-refractivity contribution in [3.8, 4) is 0 Å². The van der Waals surface area contributed by atoms with Gasteiger partial charge < -0.3 is 14.8 Å². The molecule has 0 aliphatic carbocycles. The van der Waals surface area contributed by atoms with Crippen molar-refractivity contribution >= 4 is 16.7 Å². The van der Waals surface area contributed by atoms with Gasteiger partial charge in [-0.3, -0.25) is 10.3 Å². The molecule has 0 amide bonds. The minimum Gasteiger partial charge on any atom is -0.364 e. The summed E-state index contributed by atoms with van der Waals surface area (Å²) in [6.07, 6.45) is 0.786. The average molecular weight is 416 g/mol. The molecule has 7 nitrogen and oxygen atoms in total. The molecule has 0 saturated heterocycles. The van der Waals surface area contributed by atoms with Gasteiger partial charge in [-0.1, -0.05) is 35.5 Å². The van der Waals surface area contributed by atoms with E-state index in [4.69, 9.17) is 9.52 Å². The highest BCUT2D eigenvalue weighted by Gasteiger charge is 2.37. The Morgan fingerprint density at radius 3 is 2.71 bits per heavy atom. The molecular formula is C23H21FN6O. The Morgan fingerprint density at radius 2 is 1.90 bits per heavy atom. The number of hydrogen-bond donors (Lipinski definition) is 3. The van der Waals surface area contributed by atoms with Crippen molar-refractivity contribution in [1.82, 2.24) is 25.8 Å². The van der Waals surface area contributed by atoms with Crippen LogP contribution in [0.15, 0.2) is 58.0 Å². The van der Waals surface area contributed by atoms with Crippen LogP contribution in [0.5, 0.6) is 0 Å². The third-order valence-electron chi connectivity index (χ3n) is 6.08. The fourth-order valence-electron chi connectivity index (χ4n) is 4.60. The minimum absolute atomic E-state index is 0.0269. The van der Waals surface area contributed by atoms with Crippen molar-refractivity contribution in [2.24, 2.45) is 4.99 Å². The summed E-state index contributed by atoms with van der Waals surface area (Å²) in [5, 5.41) is 12.6. The van der Waals surface area contributed by atoms with Crippen molar-refractivity contribution in [2.45, 2.75) is 31.5 Å². The van der Waals surface area contributed by atoms with Crippen LogP contribution in [-0.4, -0.2) is 33.5 Å². The largest absolute Gasteiger partial charge is 0.364 e. The molecule has 0 radical (unpaired) electrons. The molecular weight excluding hydrogens is 395 g/mol. The summed E-state index contributed by atoms with van der Waals surface area (Å²) in [4.78, 5) is 12.8. The van der Waals surface area contributed by atoms with Crippen molar-refractivity contribution in [3.63, 3.8) is 0 Å². The summed E-state index contributed by atoms with van der Waals surface area (Å²) < 4.78 is 18.6. The van der Waals surface area contributed by atoms with Crippen LogP contribution in [0.25, 0.3) is 10.9 Å². The number of H-pyrrole nitrogens is 1. The molecule has 3 N–H and O–H groups in total. The molecule has 4 heterocycles. The van der Waals surface area contributed by atoms with E-state index >= 15 is 0 Å². The second-order valence-corrected chi connectivity index (χ2v) is 8.07. The predicted octanol–water partition coefficient (Wildman–Crippen LogP) is 3.35. The molecule has 4 aromatic rings. The molecule has 0 fully saturated rings. The SMILES string of the molecule is Cc1nc(C2N[C@@H](C3=NCC(c4ccc(F)cc4)N3)Cc3c2[nH]c2ccccc32)no1. The molecule has 6 rings (SSSR count). The Bertz CT molecular complexity index is 1290. The van der Waals surface area contributed by atoms with E-state index in [1.54, 1.807) is 6.92 Å². The van der Waals surface area contributed by atoms with Crippen molar-refractivity contribution in [1.29, 1.82) is 0 Å². The molecule has 0 bridgehead atoms. The monoisotopic (exact) mass is 416 g/mol. The number of amidine groups is 1. The molecule has 0 saturated carbocycles. The molecule has 3 atom stereocenters. The molecule has 2 aromatic heterocycles. The van der Waals surface area contributed by atoms with Gasteiger partial charge in [-0.2, -0.15) is 4.98 Å². The van der Waals surface area contributed by atoms with Gasteiger partial charge in [0.15, 0.2) is 5.82 Å². The van der Waals surface area contributed by atoms with Gasteiger partial charge in [0.25, 0.3) is 0 Å². The van der Waals surface area contributed by atoms with E-state index < -0.39 is 0 Å². The third-order valence-corrected chi connectivity index (χ3v) is 6.08. The number of aromatic amines is 1. The van der Waals surface area contributed by atoms with Crippen LogP contribution in [0.2, 0.25) is 0 Å². The summed E-state index contributed by atoms with van der Waals surface area (Å²) in [5.74, 6) is 1.80. The van der Waals surface area contributed by atoms with E-state index in [9.17, 15) is 4.39 Å². The van der Waals surface area contributed by atoms with Gasteiger partial charge in [-0.15, -0.1) is 0 Å². The second kappa shape index (κ2) is 7.02. The first-order chi connectivity index (χ1) is 15.2. The Morgan fingerprint density at radius 1 is 1.06 bits per heavy atom. The molecule has 0 spiro atoms. The molecule has 156 valence electrons. The van der Waals surface area contributed by atoms with Gasteiger partial charge >= 0.3 is 0 Å². The number of fused-ring (bicyclic) bond motifs is 3. The Hall–Kier alpha value is -3.52. The second-order valence-electron chi connectivity index (χ2n) is 8.07. The van der Waals surface area contributed by atoms with Gasteiger partial charge in [0.2, 0.25) is 5.89 Å². The normalized spacial score (nSPS) is 22.9. The van der Waals surface area contributed by atoms with Crippen molar-refractivity contribution in [3.05, 3.63) is 82.9 Å². The van der Waals surface area contributed by atoms with Gasteiger partial charge in [-0.25, -0.2) is 4.39 Å². The van der Waals surface area contributed by atoms with Gasteiger partial charge in [0.05, 0.1) is 18.6 Å². The Labute approximate surface area is 177 Å². The molecule has 31 heavy (non-hydrogen) atoms. The Balaban J connectivity index is 1.34. The molecule has 8 heteroatoms. The Kier molecular flexibility index (Phi) is 4.14. The smallest absolute Gasteiger partial charge is 0.223 e. The average Bonchev–Trinajstić information content (AvgIpc) is 3.52. The van der Waals surface area contributed by atoms with Crippen molar-refractivity contribution < 1.29 is 8.91 Å². The maximum absolute atomic E-state index is 13.3. The number of nitrogens with zero attached hydrogens (tertiary/aromatic N) is 3. The van der Waals surface area contributed by atoms with Gasteiger partial charge in [0, 0.05) is 23.5 Å². The van der Waals surface area contributed by atoms with E-state index in [0.29, 0.717) is 18.3 Å². The highest BCUT2D eigenvalue weighted by molar-refractivity contribution is 5.92. The zero-order valence-electron chi connectivity index (χ0n) is 16.9. The lowest BCUT2D eigenvalue weighted by Gasteiger charge is -2.30. The molecule has 2 aromatic carbocycles. The number of nitrogens with one attached hydrogen (secondary N) is 3. The van der Waals surface area contributed by atoms with Crippen LogP contribution in [-0.2, 0) is 6.42 Å². The lowest BCUT2D eigenvalue weighted by Crippen LogP contribution is -2.49. The number of rotatable bonds is 3. The zero-order chi connectivity index (χ0) is 20.9. The summed E-state index contributed by atoms with van der Waals surface area (Å²) in [6, 6.07) is 14.7. The fourth-order valence-corrected chi connectivity index (χ4v) is 4.60. The van der Waals surface area contributed by atoms with Crippen LogP contribution < -0.4 is 10.6 Å². The minimum atomic E-state index is -0.234. The van der Waals surface area contributed by atoms with Crippen LogP contribution >= 0.6 is 0 Å². The molecule has 2 aliphatic rings. The first kappa shape index (κ1) is 18.3. The first-order valence-corrected chi connectivity index (χ1v) is 10.4. The van der Waals surface area contributed by atoms with E-state index in [1.807, 2.05) is 18.2 Å². The lowest BCUT2D eigenvalue weighted by atomic mass is 9.93.